The monoisotopic (exact) mass is 282 g/mol. The number of nitrogens with zero attached hydrogens (tertiary/aromatic N) is 1. The second-order valence-electron chi connectivity index (χ2n) is 5.14. The number of amides is 2. The minimum Gasteiger partial charge on any atom is -0.383 e. The number of hydrogen-bond acceptors (Lipinski definition) is 3. The molecule has 0 aromatic heterocycles. The Labute approximate surface area is 121 Å². The lowest BCUT2D eigenvalue weighted by Crippen LogP contribution is -2.41. The summed E-state index contributed by atoms with van der Waals surface area (Å²) in [5.41, 5.74) is 1.42. The van der Waals surface area contributed by atoms with Crippen molar-refractivity contribution >= 4 is 11.8 Å². The van der Waals surface area contributed by atoms with E-state index in [1.165, 1.54) is 25.3 Å². The SMILES string of the molecule is COCCNC(=O)CN(CCC1=CCCCC1)C(C)=O. The maximum Gasteiger partial charge on any atom is 0.239 e. The molecule has 0 unspecified atom stereocenters. The van der Waals surface area contributed by atoms with E-state index in [2.05, 4.69) is 11.4 Å². The van der Waals surface area contributed by atoms with Gasteiger partial charge in [0.2, 0.25) is 11.8 Å². The second kappa shape index (κ2) is 9.53. The Kier molecular flexibility index (Phi) is 7.95. The fourth-order valence-corrected chi connectivity index (χ4v) is 2.28. The molecule has 1 aliphatic rings. The van der Waals surface area contributed by atoms with Crippen molar-refractivity contribution in [1.82, 2.24) is 10.2 Å². The van der Waals surface area contributed by atoms with E-state index >= 15 is 0 Å². The Bertz CT molecular complexity index is 353. The van der Waals surface area contributed by atoms with Crippen molar-refractivity contribution in [1.29, 1.82) is 0 Å². The normalized spacial score (nSPS) is 14.6. The molecule has 0 saturated carbocycles. The van der Waals surface area contributed by atoms with Crippen molar-refractivity contribution in [3.8, 4) is 0 Å². The van der Waals surface area contributed by atoms with Gasteiger partial charge >= 0.3 is 0 Å². The molecule has 0 spiro atoms. The van der Waals surface area contributed by atoms with Gasteiger partial charge in [0.1, 0.15) is 0 Å². The predicted molar refractivity (Wildman–Crippen MR) is 78.3 cm³/mol. The zero-order chi connectivity index (χ0) is 14.8. The number of carbonyl (C=O) groups excluding carboxylic acids is 2. The highest BCUT2D eigenvalue weighted by molar-refractivity contribution is 5.83. The van der Waals surface area contributed by atoms with Crippen molar-refractivity contribution in [3.05, 3.63) is 11.6 Å². The average Bonchev–Trinajstić information content (AvgIpc) is 2.44. The van der Waals surface area contributed by atoms with Gasteiger partial charge in [0.15, 0.2) is 0 Å². The fraction of sp³-hybridized carbons (Fsp3) is 0.733. The van der Waals surface area contributed by atoms with E-state index in [-0.39, 0.29) is 18.4 Å². The van der Waals surface area contributed by atoms with Crippen LogP contribution in [0.2, 0.25) is 0 Å². The van der Waals surface area contributed by atoms with Crippen LogP contribution in [0.4, 0.5) is 0 Å². The van der Waals surface area contributed by atoms with Crippen LogP contribution in [-0.4, -0.2) is 50.1 Å². The van der Waals surface area contributed by atoms with Gasteiger partial charge < -0.3 is 15.0 Å². The second-order valence-corrected chi connectivity index (χ2v) is 5.14. The summed E-state index contributed by atoms with van der Waals surface area (Å²) in [4.78, 5) is 24.9. The lowest BCUT2D eigenvalue weighted by molar-refractivity contribution is -0.134. The summed E-state index contributed by atoms with van der Waals surface area (Å²) >= 11 is 0. The van der Waals surface area contributed by atoms with Gasteiger partial charge in [-0.1, -0.05) is 11.6 Å². The molecule has 0 aromatic rings. The summed E-state index contributed by atoms with van der Waals surface area (Å²) in [6, 6.07) is 0. The van der Waals surface area contributed by atoms with Crippen LogP contribution in [0.15, 0.2) is 11.6 Å². The molecular weight excluding hydrogens is 256 g/mol. The average molecular weight is 282 g/mol. The first-order valence-electron chi connectivity index (χ1n) is 7.32. The molecule has 1 N–H and O–H groups in total. The number of nitrogens with one attached hydrogen (secondary N) is 1. The first kappa shape index (κ1) is 16.7. The number of carbonyl (C=O) groups is 2. The molecule has 5 heteroatoms. The van der Waals surface area contributed by atoms with Gasteiger partial charge in [-0.25, -0.2) is 0 Å². The molecule has 0 bridgehead atoms. The van der Waals surface area contributed by atoms with E-state index in [0.717, 1.165) is 19.3 Å². The van der Waals surface area contributed by atoms with E-state index < -0.39 is 0 Å². The lowest BCUT2D eigenvalue weighted by Gasteiger charge is -2.22. The van der Waals surface area contributed by atoms with Gasteiger partial charge in [-0.15, -0.1) is 0 Å². The molecule has 0 saturated heterocycles. The highest BCUT2D eigenvalue weighted by Gasteiger charge is 2.14. The minimum absolute atomic E-state index is 0.0525. The first-order valence-corrected chi connectivity index (χ1v) is 7.32. The van der Waals surface area contributed by atoms with Gasteiger partial charge in [-0.05, 0) is 32.1 Å². The van der Waals surface area contributed by atoms with Crippen molar-refractivity contribution in [2.75, 3.05) is 33.4 Å². The molecule has 114 valence electrons. The summed E-state index contributed by atoms with van der Waals surface area (Å²) in [6.45, 7) is 3.23. The van der Waals surface area contributed by atoms with Gasteiger partial charge in [-0.2, -0.15) is 0 Å². The lowest BCUT2D eigenvalue weighted by atomic mass is 9.97. The quantitative estimate of drug-likeness (QED) is 0.542. The van der Waals surface area contributed by atoms with Crippen LogP contribution in [0.3, 0.4) is 0 Å². The van der Waals surface area contributed by atoms with Gasteiger partial charge in [0.25, 0.3) is 0 Å². The maximum atomic E-state index is 11.7. The number of rotatable bonds is 8. The van der Waals surface area contributed by atoms with E-state index in [1.54, 1.807) is 12.0 Å². The minimum atomic E-state index is -0.130. The Morgan fingerprint density at radius 3 is 2.80 bits per heavy atom. The summed E-state index contributed by atoms with van der Waals surface area (Å²) < 4.78 is 4.87. The molecule has 0 aliphatic heterocycles. The summed E-state index contributed by atoms with van der Waals surface area (Å²) in [7, 11) is 1.59. The smallest absolute Gasteiger partial charge is 0.239 e. The molecule has 1 rings (SSSR count). The van der Waals surface area contributed by atoms with Crippen LogP contribution < -0.4 is 5.32 Å². The van der Waals surface area contributed by atoms with Crippen molar-refractivity contribution < 1.29 is 14.3 Å². The largest absolute Gasteiger partial charge is 0.383 e. The zero-order valence-corrected chi connectivity index (χ0v) is 12.6. The standard InChI is InChI=1S/C15H26N2O3/c1-13(18)17(12-15(19)16-9-11-20-2)10-8-14-6-4-3-5-7-14/h6H,3-5,7-12H2,1-2H3,(H,16,19). The number of ether oxygens (including phenoxy) is 1. The van der Waals surface area contributed by atoms with Gasteiger partial charge in [0.05, 0.1) is 13.2 Å². The van der Waals surface area contributed by atoms with E-state index in [0.29, 0.717) is 19.7 Å². The van der Waals surface area contributed by atoms with Crippen molar-refractivity contribution in [3.63, 3.8) is 0 Å². The molecule has 20 heavy (non-hydrogen) atoms. The molecule has 0 fully saturated rings. The highest BCUT2D eigenvalue weighted by Crippen LogP contribution is 2.20. The fourth-order valence-electron chi connectivity index (χ4n) is 2.28. The molecule has 0 heterocycles. The predicted octanol–water partition coefficient (Wildman–Crippen LogP) is 1.49. The zero-order valence-electron chi connectivity index (χ0n) is 12.6. The third-order valence-corrected chi connectivity index (χ3v) is 3.50. The van der Waals surface area contributed by atoms with Crippen LogP contribution in [0.25, 0.3) is 0 Å². The van der Waals surface area contributed by atoms with Crippen molar-refractivity contribution in [2.45, 2.75) is 39.0 Å². The van der Waals surface area contributed by atoms with Gasteiger partial charge in [0, 0.05) is 27.1 Å². The van der Waals surface area contributed by atoms with Crippen LogP contribution in [-0.2, 0) is 14.3 Å². The molecular formula is C15H26N2O3. The summed E-state index contributed by atoms with van der Waals surface area (Å²) in [5, 5.41) is 2.73. The molecule has 0 atom stereocenters. The number of hydrogen-bond donors (Lipinski definition) is 1. The van der Waals surface area contributed by atoms with E-state index in [9.17, 15) is 9.59 Å². The van der Waals surface area contributed by atoms with Crippen LogP contribution in [0.1, 0.15) is 39.0 Å². The van der Waals surface area contributed by atoms with Crippen LogP contribution in [0, 0.1) is 0 Å². The van der Waals surface area contributed by atoms with E-state index in [1.807, 2.05) is 0 Å². The molecule has 5 nitrogen and oxygen atoms in total. The summed E-state index contributed by atoms with van der Waals surface area (Å²) in [6.07, 6.45) is 7.94. The molecule has 0 radical (unpaired) electrons. The maximum absolute atomic E-state index is 11.7. The molecule has 1 aliphatic carbocycles. The van der Waals surface area contributed by atoms with E-state index in [4.69, 9.17) is 4.74 Å². The summed E-state index contributed by atoms with van der Waals surface area (Å²) in [5.74, 6) is -0.182. The van der Waals surface area contributed by atoms with Gasteiger partial charge in [-0.3, -0.25) is 9.59 Å². The molecule has 2 amide bonds. The first-order chi connectivity index (χ1) is 9.63. The number of allylic oxidation sites excluding steroid dienone is 1. The van der Waals surface area contributed by atoms with Crippen LogP contribution >= 0.6 is 0 Å². The third-order valence-electron chi connectivity index (χ3n) is 3.50. The topological polar surface area (TPSA) is 58.6 Å². The Morgan fingerprint density at radius 2 is 2.20 bits per heavy atom. The Balaban J connectivity index is 2.34. The molecule has 0 aromatic carbocycles. The third kappa shape index (κ3) is 6.70. The highest BCUT2D eigenvalue weighted by atomic mass is 16.5. The van der Waals surface area contributed by atoms with Crippen LogP contribution in [0.5, 0.6) is 0 Å². The number of methoxy groups -OCH3 is 1. The Morgan fingerprint density at radius 1 is 1.40 bits per heavy atom. The van der Waals surface area contributed by atoms with Crippen molar-refractivity contribution in [2.24, 2.45) is 0 Å². The Hall–Kier alpha value is -1.36.